The van der Waals surface area contributed by atoms with Gasteiger partial charge < -0.3 is 9.47 Å². The number of benzene rings is 1. The minimum absolute atomic E-state index is 0.259. The van der Waals surface area contributed by atoms with Crippen molar-refractivity contribution in [1.82, 2.24) is 0 Å². The highest BCUT2D eigenvalue weighted by molar-refractivity contribution is 5.88. The zero-order valence-corrected chi connectivity index (χ0v) is 12.8. The number of ketones is 1. The van der Waals surface area contributed by atoms with Crippen LogP contribution >= 0.6 is 0 Å². The van der Waals surface area contributed by atoms with Gasteiger partial charge in [0.05, 0.1) is 0 Å². The van der Waals surface area contributed by atoms with Crippen LogP contribution in [0.15, 0.2) is 24.3 Å². The van der Waals surface area contributed by atoms with Gasteiger partial charge in [0.15, 0.2) is 5.78 Å². The van der Waals surface area contributed by atoms with Crippen molar-refractivity contribution in [2.24, 2.45) is 0 Å². The molecule has 1 unspecified atom stereocenters. The van der Waals surface area contributed by atoms with Gasteiger partial charge in [0, 0.05) is 39.6 Å². The second-order valence-electron chi connectivity index (χ2n) is 6.23. The third-order valence-corrected chi connectivity index (χ3v) is 5.12. The molecule has 0 spiro atoms. The molecule has 0 saturated carbocycles. The summed E-state index contributed by atoms with van der Waals surface area (Å²) in [7, 11) is 1.66. The van der Waals surface area contributed by atoms with Crippen molar-refractivity contribution in [2.75, 3.05) is 20.3 Å². The van der Waals surface area contributed by atoms with E-state index in [0.717, 1.165) is 12.8 Å². The van der Waals surface area contributed by atoms with Crippen LogP contribution in [0.3, 0.4) is 0 Å². The maximum Gasteiger partial charge on any atom is 0.165 e. The molecule has 1 aliphatic carbocycles. The molecule has 1 atom stereocenters. The van der Waals surface area contributed by atoms with E-state index in [2.05, 4.69) is 24.3 Å². The van der Waals surface area contributed by atoms with E-state index in [1.54, 1.807) is 7.11 Å². The zero-order valence-electron chi connectivity index (χ0n) is 12.8. The summed E-state index contributed by atoms with van der Waals surface area (Å²) < 4.78 is 11.0. The molecule has 1 saturated heterocycles. The molecule has 1 aliphatic heterocycles. The van der Waals surface area contributed by atoms with Crippen molar-refractivity contribution in [1.29, 1.82) is 0 Å². The van der Waals surface area contributed by atoms with Crippen LogP contribution < -0.4 is 0 Å². The van der Waals surface area contributed by atoms with Crippen LogP contribution in [0.25, 0.3) is 0 Å². The fourth-order valence-corrected chi connectivity index (χ4v) is 3.77. The summed E-state index contributed by atoms with van der Waals surface area (Å²) in [5.74, 6) is 0.618. The third kappa shape index (κ3) is 2.90. The van der Waals surface area contributed by atoms with Crippen molar-refractivity contribution in [2.45, 2.75) is 50.0 Å². The number of aryl methyl sites for hydroxylation is 1. The Morgan fingerprint density at radius 3 is 2.86 bits per heavy atom. The normalized spacial score (nSPS) is 24.3. The number of methoxy groups -OCH3 is 1. The first kappa shape index (κ1) is 14.7. The highest BCUT2D eigenvalue weighted by Gasteiger charge is 2.41. The lowest BCUT2D eigenvalue weighted by molar-refractivity contribution is -0.153. The summed E-state index contributed by atoms with van der Waals surface area (Å²) in [6.45, 7) is 1.25. The van der Waals surface area contributed by atoms with Crippen LogP contribution in [0.1, 0.15) is 49.1 Å². The molecule has 0 amide bonds. The van der Waals surface area contributed by atoms with Crippen molar-refractivity contribution < 1.29 is 14.3 Å². The molecule has 0 bridgehead atoms. The molecule has 2 aliphatic rings. The standard InChI is InChI=1S/C18H24O3/c1-20-18(9-11-21-12-10-18)17(19)13-15-7-4-6-14-5-2-3-8-16(14)15/h2-3,5,8,15H,4,6-7,9-13H2,1H3. The van der Waals surface area contributed by atoms with E-state index < -0.39 is 5.60 Å². The minimum Gasteiger partial charge on any atom is -0.381 e. The second kappa shape index (κ2) is 6.29. The highest BCUT2D eigenvalue weighted by Crippen LogP contribution is 2.37. The lowest BCUT2D eigenvalue weighted by atomic mass is 9.76. The first-order valence-corrected chi connectivity index (χ1v) is 7.99. The largest absolute Gasteiger partial charge is 0.381 e. The monoisotopic (exact) mass is 288 g/mol. The number of ether oxygens (including phenoxy) is 2. The summed E-state index contributed by atoms with van der Waals surface area (Å²) in [5, 5.41) is 0. The molecule has 0 aromatic heterocycles. The smallest absolute Gasteiger partial charge is 0.165 e. The summed E-state index contributed by atoms with van der Waals surface area (Å²) in [4.78, 5) is 12.8. The van der Waals surface area contributed by atoms with Gasteiger partial charge in [-0.15, -0.1) is 0 Å². The maximum atomic E-state index is 12.8. The third-order valence-electron chi connectivity index (χ3n) is 5.12. The van der Waals surface area contributed by atoms with Gasteiger partial charge in [-0.1, -0.05) is 24.3 Å². The van der Waals surface area contributed by atoms with Gasteiger partial charge in [-0.2, -0.15) is 0 Å². The Hall–Kier alpha value is -1.19. The molecular weight excluding hydrogens is 264 g/mol. The molecule has 21 heavy (non-hydrogen) atoms. The topological polar surface area (TPSA) is 35.5 Å². The van der Waals surface area contributed by atoms with E-state index in [0.29, 0.717) is 38.4 Å². The van der Waals surface area contributed by atoms with E-state index >= 15 is 0 Å². The summed E-state index contributed by atoms with van der Waals surface area (Å²) >= 11 is 0. The fourth-order valence-electron chi connectivity index (χ4n) is 3.77. The maximum absolute atomic E-state index is 12.8. The van der Waals surface area contributed by atoms with Crippen LogP contribution in [0.4, 0.5) is 0 Å². The molecule has 0 radical (unpaired) electrons. The van der Waals surface area contributed by atoms with Crippen LogP contribution in [0, 0.1) is 0 Å². The van der Waals surface area contributed by atoms with Crippen molar-refractivity contribution in [3.63, 3.8) is 0 Å². The van der Waals surface area contributed by atoms with Gasteiger partial charge in [0.1, 0.15) is 5.60 Å². The van der Waals surface area contributed by atoms with Crippen LogP contribution in [0.2, 0.25) is 0 Å². The molecule has 3 heteroatoms. The van der Waals surface area contributed by atoms with Crippen LogP contribution in [-0.4, -0.2) is 31.7 Å². The average molecular weight is 288 g/mol. The molecule has 1 heterocycles. The van der Waals surface area contributed by atoms with Crippen molar-refractivity contribution in [3.8, 4) is 0 Å². The summed E-state index contributed by atoms with van der Waals surface area (Å²) in [6, 6.07) is 8.57. The molecule has 1 aromatic rings. The Kier molecular flexibility index (Phi) is 4.41. The first-order chi connectivity index (χ1) is 10.2. The average Bonchev–Trinajstić information content (AvgIpc) is 2.56. The molecule has 3 nitrogen and oxygen atoms in total. The van der Waals surface area contributed by atoms with Gasteiger partial charge in [0.25, 0.3) is 0 Å². The van der Waals surface area contributed by atoms with E-state index in [1.165, 1.54) is 17.5 Å². The predicted octanol–water partition coefficient (Wildman–Crippen LogP) is 3.26. The number of carbonyl (C=O) groups is 1. The van der Waals surface area contributed by atoms with Crippen molar-refractivity contribution >= 4 is 5.78 Å². The quantitative estimate of drug-likeness (QED) is 0.853. The number of Topliss-reactive ketones (excluding diaryl/α,β-unsaturated/α-hetero) is 1. The Bertz CT molecular complexity index is 503. The highest BCUT2D eigenvalue weighted by atomic mass is 16.5. The van der Waals surface area contributed by atoms with Gasteiger partial charge in [-0.3, -0.25) is 4.79 Å². The van der Waals surface area contributed by atoms with E-state index in [9.17, 15) is 4.79 Å². The zero-order chi connectivity index (χ0) is 14.7. The van der Waals surface area contributed by atoms with Gasteiger partial charge in [-0.05, 0) is 36.3 Å². The summed E-state index contributed by atoms with van der Waals surface area (Å²) in [5.41, 5.74) is 2.18. The number of fused-ring (bicyclic) bond motifs is 1. The summed E-state index contributed by atoms with van der Waals surface area (Å²) in [6.07, 6.45) is 5.42. The second-order valence-corrected chi connectivity index (χ2v) is 6.23. The van der Waals surface area contributed by atoms with Gasteiger partial charge >= 0.3 is 0 Å². The Morgan fingerprint density at radius 2 is 2.10 bits per heavy atom. The van der Waals surface area contributed by atoms with Crippen LogP contribution in [0.5, 0.6) is 0 Å². The van der Waals surface area contributed by atoms with Crippen LogP contribution in [-0.2, 0) is 20.7 Å². The van der Waals surface area contributed by atoms with E-state index in [1.807, 2.05) is 0 Å². The predicted molar refractivity (Wildman–Crippen MR) is 81.5 cm³/mol. The Morgan fingerprint density at radius 1 is 1.33 bits per heavy atom. The molecule has 1 fully saturated rings. The lowest BCUT2D eigenvalue weighted by Crippen LogP contribution is -2.46. The van der Waals surface area contributed by atoms with Crippen molar-refractivity contribution in [3.05, 3.63) is 35.4 Å². The Balaban J connectivity index is 1.76. The SMILES string of the molecule is COC1(C(=O)CC2CCCc3ccccc32)CCOCC1. The lowest BCUT2D eigenvalue weighted by Gasteiger charge is -2.36. The first-order valence-electron chi connectivity index (χ1n) is 7.99. The fraction of sp³-hybridized carbons (Fsp3) is 0.611. The molecule has 3 rings (SSSR count). The Labute approximate surface area is 126 Å². The number of hydrogen-bond acceptors (Lipinski definition) is 3. The molecular formula is C18H24O3. The molecule has 0 N–H and O–H groups in total. The van der Waals surface area contributed by atoms with E-state index in [-0.39, 0.29) is 5.78 Å². The number of hydrogen-bond donors (Lipinski definition) is 0. The number of rotatable bonds is 4. The molecule has 114 valence electrons. The number of carbonyl (C=O) groups excluding carboxylic acids is 1. The minimum atomic E-state index is -0.607. The molecule has 1 aromatic carbocycles. The van der Waals surface area contributed by atoms with E-state index in [4.69, 9.17) is 9.47 Å². The van der Waals surface area contributed by atoms with Gasteiger partial charge in [0.2, 0.25) is 0 Å². The van der Waals surface area contributed by atoms with Gasteiger partial charge in [-0.25, -0.2) is 0 Å².